The van der Waals surface area contributed by atoms with Gasteiger partial charge in [0.25, 0.3) is 5.91 Å². The highest BCUT2D eigenvalue weighted by molar-refractivity contribution is 5.95. The van der Waals surface area contributed by atoms with E-state index >= 15 is 0 Å². The van der Waals surface area contributed by atoms with Gasteiger partial charge in [-0.05, 0) is 43.2 Å². The van der Waals surface area contributed by atoms with Crippen LogP contribution in [0.1, 0.15) is 29.6 Å². The molecule has 23 heavy (non-hydrogen) atoms. The van der Waals surface area contributed by atoms with Crippen LogP contribution in [0.3, 0.4) is 0 Å². The second-order valence-electron chi connectivity index (χ2n) is 6.23. The number of carbonyl (C=O) groups is 2. The molecule has 1 N–H and O–H groups in total. The van der Waals surface area contributed by atoms with Crippen molar-refractivity contribution < 1.29 is 23.5 Å². The second-order valence-corrected chi connectivity index (χ2v) is 6.23. The quantitative estimate of drug-likeness (QED) is 0.863. The predicted octanol–water partition coefficient (Wildman–Crippen LogP) is 2.15. The Kier molecular flexibility index (Phi) is 4.24. The summed E-state index contributed by atoms with van der Waals surface area (Å²) in [5, 5.41) is 2.85. The van der Waals surface area contributed by atoms with Crippen molar-refractivity contribution in [1.82, 2.24) is 5.32 Å². The molecular weight excluding hydrogens is 301 g/mol. The minimum absolute atomic E-state index is 0.0443. The van der Waals surface area contributed by atoms with Crippen molar-refractivity contribution in [2.75, 3.05) is 14.2 Å². The molecule has 5 nitrogen and oxygen atoms in total. The second kappa shape index (κ2) is 6.18. The summed E-state index contributed by atoms with van der Waals surface area (Å²) in [6, 6.07) is 3.82. The van der Waals surface area contributed by atoms with Crippen LogP contribution in [0.2, 0.25) is 0 Å². The molecule has 0 saturated heterocycles. The molecule has 0 heterocycles. The van der Waals surface area contributed by atoms with E-state index in [0.717, 1.165) is 19.3 Å². The number of amides is 1. The van der Waals surface area contributed by atoms with Gasteiger partial charge in [0.05, 0.1) is 25.7 Å². The van der Waals surface area contributed by atoms with Gasteiger partial charge in [0, 0.05) is 12.1 Å². The smallest absolute Gasteiger partial charge is 0.311 e. The summed E-state index contributed by atoms with van der Waals surface area (Å²) < 4.78 is 23.8. The Bertz CT molecular complexity index is 633. The van der Waals surface area contributed by atoms with E-state index in [0.29, 0.717) is 5.75 Å². The van der Waals surface area contributed by atoms with Crippen molar-refractivity contribution >= 4 is 11.9 Å². The lowest BCUT2D eigenvalue weighted by molar-refractivity contribution is -0.148. The number of esters is 1. The number of ether oxygens (including phenoxy) is 2. The number of hydrogen-bond donors (Lipinski definition) is 1. The fourth-order valence-electron chi connectivity index (χ4n) is 4.01. The largest absolute Gasteiger partial charge is 0.497 e. The number of hydrogen-bond acceptors (Lipinski definition) is 4. The van der Waals surface area contributed by atoms with E-state index in [1.165, 1.54) is 32.4 Å². The molecule has 1 aromatic rings. The van der Waals surface area contributed by atoms with E-state index in [9.17, 15) is 14.0 Å². The van der Waals surface area contributed by atoms with Crippen LogP contribution in [0.4, 0.5) is 4.39 Å². The molecule has 124 valence electrons. The van der Waals surface area contributed by atoms with E-state index in [-0.39, 0.29) is 35.3 Å². The lowest BCUT2D eigenvalue weighted by Crippen LogP contribution is -2.47. The van der Waals surface area contributed by atoms with Gasteiger partial charge >= 0.3 is 5.97 Å². The van der Waals surface area contributed by atoms with Crippen LogP contribution in [0.15, 0.2) is 18.2 Å². The van der Waals surface area contributed by atoms with Gasteiger partial charge in [-0.25, -0.2) is 4.39 Å². The Morgan fingerprint density at radius 3 is 2.61 bits per heavy atom. The maximum Gasteiger partial charge on any atom is 0.311 e. The van der Waals surface area contributed by atoms with E-state index in [2.05, 4.69) is 5.32 Å². The standard InChI is InChI=1S/C17H20FNO4/c1-22-11-5-6-12(13(18)8-11)16(20)19-15-10-4-3-9(7-10)14(15)17(21)23-2/h5-6,8-10,14-15H,3-4,7H2,1-2H3,(H,19,20)/t9-,10-,14-,15-/m0/s1. The minimum atomic E-state index is -0.639. The Balaban J connectivity index is 1.78. The Hall–Kier alpha value is -2.11. The molecule has 2 fully saturated rings. The Morgan fingerprint density at radius 1 is 1.22 bits per heavy atom. The fraction of sp³-hybridized carbons (Fsp3) is 0.529. The van der Waals surface area contributed by atoms with Crippen molar-refractivity contribution in [3.8, 4) is 5.75 Å². The van der Waals surface area contributed by atoms with Crippen molar-refractivity contribution in [3.05, 3.63) is 29.6 Å². The summed E-state index contributed by atoms with van der Waals surface area (Å²) in [5.74, 6) is -0.905. The average molecular weight is 321 g/mol. The van der Waals surface area contributed by atoms with Gasteiger partial charge in [-0.15, -0.1) is 0 Å². The fourth-order valence-corrected chi connectivity index (χ4v) is 4.01. The highest BCUT2D eigenvalue weighted by atomic mass is 19.1. The predicted molar refractivity (Wildman–Crippen MR) is 80.5 cm³/mol. The molecule has 0 spiro atoms. The van der Waals surface area contributed by atoms with Crippen LogP contribution < -0.4 is 10.1 Å². The van der Waals surface area contributed by atoms with E-state index in [1.54, 1.807) is 0 Å². The van der Waals surface area contributed by atoms with Crippen LogP contribution >= 0.6 is 0 Å². The van der Waals surface area contributed by atoms with Crippen molar-refractivity contribution in [2.24, 2.45) is 17.8 Å². The first kappa shape index (κ1) is 15.8. The summed E-state index contributed by atoms with van der Waals surface area (Å²) in [4.78, 5) is 24.4. The average Bonchev–Trinajstić information content (AvgIpc) is 3.15. The number of nitrogens with one attached hydrogen (secondary N) is 1. The highest BCUT2D eigenvalue weighted by Gasteiger charge is 2.52. The Morgan fingerprint density at radius 2 is 1.96 bits per heavy atom. The van der Waals surface area contributed by atoms with Crippen LogP contribution in [0, 0.1) is 23.6 Å². The first-order chi connectivity index (χ1) is 11.0. The molecule has 0 unspecified atom stereocenters. The molecule has 2 aliphatic rings. The summed E-state index contributed by atoms with van der Waals surface area (Å²) >= 11 is 0. The maximum absolute atomic E-state index is 14.0. The van der Waals surface area contributed by atoms with Crippen LogP contribution in [-0.4, -0.2) is 32.1 Å². The normalized spacial score (nSPS) is 28.5. The molecule has 6 heteroatoms. The van der Waals surface area contributed by atoms with Crippen LogP contribution in [0.5, 0.6) is 5.75 Å². The lowest BCUT2D eigenvalue weighted by Gasteiger charge is -2.29. The molecule has 2 bridgehead atoms. The molecule has 1 aromatic carbocycles. The molecule has 1 amide bonds. The number of fused-ring (bicyclic) bond motifs is 2. The Labute approximate surface area is 134 Å². The molecule has 0 radical (unpaired) electrons. The third-order valence-electron chi connectivity index (χ3n) is 5.11. The van der Waals surface area contributed by atoms with Crippen molar-refractivity contribution in [2.45, 2.75) is 25.3 Å². The first-order valence-corrected chi connectivity index (χ1v) is 7.77. The zero-order valence-electron chi connectivity index (χ0n) is 13.2. The summed E-state index contributed by atoms with van der Waals surface area (Å²) in [7, 11) is 2.79. The van der Waals surface area contributed by atoms with E-state index in [4.69, 9.17) is 9.47 Å². The lowest BCUT2D eigenvalue weighted by atomic mass is 9.84. The molecule has 2 saturated carbocycles. The van der Waals surface area contributed by atoms with Gasteiger partial charge in [0.1, 0.15) is 11.6 Å². The third-order valence-corrected chi connectivity index (χ3v) is 5.11. The molecule has 4 atom stereocenters. The SMILES string of the molecule is COC(=O)[C@H]1[C@H]2CC[C@@H](C2)[C@@H]1NC(=O)c1ccc(OC)cc1F. The third kappa shape index (κ3) is 2.78. The van der Waals surface area contributed by atoms with Crippen molar-refractivity contribution in [3.63, 3.8) is 0 Å². The maximum atomic E-state index is 14.0. The van der Waals surface area contributed by atoms with Crippen LogP contribution in [0.25, 0.3) is 0 Å². The first-order valence-electron chi connectivity index (χ1n) is 7.77. The minimum Gasteiger partial charge on any atom is -0.497 e. The molecule has 2 aliphatic carbocycles. The van der Waals surface area contributed by atoms with Crippen molar-refractivity contribution in [1.29, 1.82) is 0 Å². The van der Waals surface area contributed by atoms with E-state index < -0.39 is 11.7 Å². The highest BCUT2D eigenvalue weighted by Crippen LogP contribution is 2.49. The van der Waals surface area contributed by atoms with Gasteiger partial charge in [0.2, 0.25) is 0 Å². The summed E-state index contributed by atoms with van der Waals surface area (Å²) in [6.45, 7) is 0. The zero-order valence-corrected chi connectivity index (χ0v) is 13.2. The summed E-state index contributed by atoms with van der Waals surface area (Å²) in [5.41, 5.74) is -0.0443. The van der Waals surface area contributed by atoms with Gasteiger partial charge in [-0.2, -0.15) is 0 Å². The summed E-state index contributed by atoms with van der Waals surface area (Å²) in [6.07, 6.45) is 2.87. The monoisotopic (exact) mass is 321 g/mol. The number of rotatable bonds is 4. The van der Waals surface area contributed by atoms with Gasteiger partial charge in [-0.3, -0.25) is 9.59 Å². The van der Waals surface area contributed by atoms with Gasteiger partial charge in [-0.1, -0.05) is 0 Å². The van der Waals surface area contributed by atoms with Crippen LogP contribution in [-0.2, 0) is 9.53 Å². The zero-order chi connectivity index (χ0) is 16.6. The molecule has 3 rings (SSSR count). The molecule has 0 aromatic heterocycles. The van der Waals surface area contributed by atoms with Gasteiger partial charge in [0.15, 0.2) is 0 Å². The number of benzene rings is 1. The topological polar surface area (TPSA) is 64.6 Å². The number of carbonyl (C=O) groups excluding carboxylic acids is 2. The van der Waals surface area contributed by atoms with E-state index in [1.807, 2.05) is 0 Å². The van der Waals surface area contributed by atoms with Gasteiger partial charge < -0.3 is 14.8 Å². The molecule has 0 aliphatic heterocycles. The molecular formula is C17H20FNO4. The number of halogens is 1. The number of methoxy groups -OCH3 is 2.